The third kappa shape index (κ3) is 4.94. The fourth-order valence-corrected chi connectivity index (χ4v) is 2.63. The summed E-state index contributed by atoms with van der Waals surface area (Å²) >= 11 is 0. The van der Waals surface area contributed by atoms with Gasteiger partial charge in [0.15, 0.2) is 0 Å². The maximum absolute atomic E-state index is 12.5. The largest absolute Gasteiger partial charge is 0.494 e. The number of aromatic nitrogens is 1. The SMILES string of the molecule is CCOc1ccc(C(=O)Nc2ccccc2CNC(=O)c2cccnc2)cc1. The second-order valence-electron chi connectivity index (χ2n) is 5.99. The van der Waals surface area contributed by atoms with Gasteiger partial charge in [-0.25, -0.2) is 0 Å². The summed E-state index contributed by atoms with van der Waals surface area (Å²) in [5.74, 6) is 0.271. The number of carbonyl (C=O) groups is 2. The Morgan fingerprint density at radius 3 is 2.43 bits per heavy atom. The first-order valence-corrected chi connectivity index (χ1v) is 8.97. The Labute approximate surface area is 163 Å². The predicted octanol–water partition coefficient (Wildman–Crippen LogP) is 3.66. The summed E-state index contributed by atoms with van der Waals surface area (Å²) in [6.45, 7) is 2.77. The van der Waals surface area contributed by atoms with Crippen LogP contribution in [0.25, 0.3) is 0 Å². The van der Waals surface area contributed by atoms with Crippen molar-refractivity contribution in [2.24, 2.45) is 0 Å². The van der Waals surface area contributed by atoms with Crippen LogP contribution in [0.2, 0.25) is 0 Å². The molecule has 0 atom stereocenters. The second-order valence-corrected chi connectivity index (χ2v) is 5.99. The first-order valence-electron chi connectivity index (χ1n) is 8.97. The standard InChI is InChI=1S/C22H21N3O3/c1-2-28-19-11-9-16(10-12-19)22(27)25-20-8-4-3-6-17(20)15-24-21(26)18-7-5-13-23-14-18/h3-14H,2,15H2,1H3,(H,24,26)(H,25,27). The Morgan fingerprint density at radius 2 is 1.71 bits per heavy atom. The molecule has 0 aliphatic rings. The number of nitrogens with zero attached hydrogens (tertiary/aromatic N) is 1. The van der Waals surface area contributed by atoms with Crippen molar-refractivity contribution in [3.8, 4) is 5.75 Å². The van der Waals surface area contributed by atoms with Gasteiger partial charge in [0.2, 0.25) is 0 Å². The van der Waals surface area contributed by atoms with Crippen LogP contribution in [0.1, 0.15) is 33.2 Å². The molecule has 0 unspecified atom stereocenters. The summed E-state index contributed by atoms with van der Waals surface area (Å²) in [4.78, 5) is 28.7. The number of carbonyl (C=O) groups excluding carboxylic acids is 2. The Kier molecular flexibility index (Phi) is 6.36. The van der Waals surface area contributed by atoms with Crippen molar-refractivity contribution in [2.75, 3.05) is 11.9 Å². The van der Waals surface area contributed by atoms with Gasteiger partial charge in [-0.15, -0.1) is 0 Å². The Bertz CT molecular complexity index is 941. The van der Waals surface area contributed by atoms with Gasteiger partial charge in [-0.05, 0) is 55.0 Å². The average Bonchev–Trinajstić information content (AvgIpc) is 2.74. The number of para-hydroxylation sites is 1. The molecule has 0 bridgehead atoms. The molecule has 2 aromatic carbocycles. The Morgan fingerprint density at radius 1 is 0.929 bits per heavy atom. The Hall–Kier alpha value is -3.67. The number of hydrogen-bond acceptors (Lipinski definition) is 4. The van der Waals surface area contributed by atoms with Gasteiger partial charge in [-0.1, -0.05) is 18.2 Å². The first-order chi connectivity index (χ1) is 13.7. The van der Waals surface area contributed by atoms with E-state index in [2.05, 4.69) is 15.6 Å². The summed E-state index contributed by atoms with van der Waals surface area (Å²) in [5, 5.41) is 5.74. The van der Waals surface area contributed by atoms with E-state index in [9.17, 15) is 9.59 Å². The van der Waals surface area contributed by atoms with Gasteiger partial charge in [0.25, 0.3) is 11.8 Å². The van der Waals surface area contributed by atoms with E-state index in [4.69, 9.17) is 4.74 Å². The molecule has 0 fully saturated rings. The van der Waals surface area contributed by atoms with Gasteiger partial charge in [-0.3, -0.25) is 14.6 Å². The van der Waals surface area contributed by atoms with Crippen molar-refractivity contribution in [3.05, 3.63) is 89.7 Å². The highest BCUT2D eigenvalue weighted by Crippen LogP contribution is 2.18. The van der Waals surface area contributed by atoms with Gasteiger partial charge in [0.1, 0.15) is 5.75 Å². The van der Waals surface area contributed by atoms with Crippen LogP contribution in [0.15, 0.2) is 73.1 Å². The molecule has 142 valence electrons. The van der Waals surface area contributed by atoms with Crippen molar-refractivity contribution in [1.29, 1.82) is 0 Å². The third-order valence-corrected chi connectivity index (χ3v) is 4.06. The number of benzene rings is 2. The van der Waals surface area contributed by atoms with Gasteiger partial charge < -0.3 is 15.4 Å². The summed E-state index contributed by atoms with van der Waals surface area (Å²) < 4.78 is 5.39. The lowest BCUT2D eigenvalue weighted by Crippen LogP contribution is -2.24. The molecule has 28 heavy (non-hydrogen) atoms. The zero-order valence-electron chi connectivity index (χ0n) is 15.5. The van der Waals surface area contributed by atoms with Gasteiger partial charge in [0.05, 0.1) is 12.2 Å². The summed E-state index contributed by atoms with van der Waals surface area (Å²) in [7, 11) is 0. The number of amides is 2. The summed E-state index contributed by atoms with van der Waals surface area (Å²) in [6, 6.07) is 17.7. The number of nitrogens with one attached hydrogen (secondary N) is 2. The second kappa shape index (κ2) is 9.32. The smallest absolute Gasteiger partial charge is 0.255 e. The minimum atomic E-state index is -0.228. The van der Waals surface area contributed by atoms with Gasteiger partial charge in [0, 0.05) is 30.2 Å². The van der Waals surface area contributed by atoms with Crippen molar-refractivity contribution in [3.63, 3.8) is 0 Å². The molecule has 6 heteroatoms. The zero-order valence-corrected chi connectivity index (χ0v) is 15.5. The summed E-state index contributed by atoms with van der Waals surface area (Å²) in [6.07, 6.45) is 3.12. The minimum Gasteiger partial charge on any atom is -0.494 e. The topological polar surface area (TPSA) is 80.3 Å². The molecule has 0 aliphatic heterocycles. The molecule has 0 saturated carbocycles. The molecular weight excluding hydrogens is 354 g/mol. The number of ether oxygens (including phenoxy) is 1. The molecule has 0 saturated heterocycles. The molecule has 0 radical (unpaired) electrons. The molecule has 1 aromatic heterocycles. The van der Waals surface area contributed by atoms with Crippen molar-refractivity contribution >= 4 is 17.5 Å². The zero-order chi connectivity index (χ0) is 19.8. The highest BCUT2D eigenvalue weighted by Gasteiger charge is 2.11. The molecule has 1 heterocycles. The predicted molar refractivity (Wildman–Crippen MR) is 107 cm³/mol. The van der Waals surface area contributed by atoms with E-state index in [0.717, 1.165) is 11.3 Å². The van der Waals surface area contributed by atoms with E-state index in [1.54, 1.807) is 48.7 Å². The lowest BCUT2D eigenvalue weighted by Gasteiger charge is -2.12. The first kappa shape index (κ1) is 19.1. The Balaban J connectivity index is 1.66. The fourth-order valence-electron chi connectivity index (χ4n) is 2.63. The van der Waals surface area contributed by atoms with Crippen LogP contribution in [0.5, 0.6) is 5.75 Å². The highest BCUT2D eigenvalue weighted by molar-refractivity contribution is 6.04. The molecule has 3 aromatic rings. The molecule has 3 rings (SSSR count). The molecular formula is C22H21N3O3. The number of hydrogen-bond donors (Lipinski definition) is 2. The molecule has 0 spiro atoms. The van der Waals surface area contributed by atoms with E-state index >= 15 is 0 Å². The lowest BCUT2D eigenvalue weighted by molar-refractivity contribution is 0.0950. The number of anilines is 1. The quantitative estimate of drug-likeness (QED) is 0.660. The van der Waals surface area contributed by atoms with Crippen LogP contribution in [0, 0.1) is 0 Å². The van der Waals surface area contributed by atoms with Crippen molar-refractivity contribution < 1.29 is 14.3 Å². The monoisotopic (exact) mass is 375 g/mol. The lowest BCUT2D eigenvalue weighted by atomic mass is 10.1. The average molecular weight is 375 g/mol. The minimum absolute atomic E-state index is 0.222. The fraction of sp³-hybridized carbons (Fsp3) is 0.136. The maximum atomic E-state index is 12.5. The van der Waals surface area contributed by atoms with Crippen LogP contribution < -0.4 is 15.4 Å². The van der Waals surface area contributed by atoms with E-state index in [1.807, 2.05) is 25.1 Å². The number of pyridine rings is 1. The van der Waals surface area contributed by atoms with Crippen LogP contribution in [-0.4, -0.2) is 23.4 Å². The van der Waals surface area contributed by atoms with Gasteiger partial charge >= 0.3 is 0 Å². The van der Waals surface area contributed by atoms with Gasteiger partial charge in [-0.2, -0.15) is 0 Å². The van der Waals surface area contributed by atoms with E-state index in [1.165, 1.54) is 6.20 Å². The third-order valence-electron chi connectivity index (χ3n) is 4.06. The van der Waals surface area contributed by atoms with Crippen molar-refractivity contribution in [2.45, 2.75) is 13.5 Å². The van der Waals surface area contributed by atoms with E-state index in [0.29, 0.717) is 23.4 Å². The molecule has 6 nitrogen and oxygen atoms in total. The maximum Gasteiger partial charge on any atom is 0.255 e. The van der Waals surface area contributed by atoms with E-state index < -0.39 is 0 Å². The van der Waals surface area contributed by atoms with Crippen LogP contribution in [0.4, 0.5) is 5.69 Å². The summed E-state index contributed by atoms with van der Waals surface area (Å²) in [5.41, 5.74) is 2.46. The van der Waals surface area contributed by atoms with Crippen LogP contribution >= 0.6 is 0 Å². The molecule has 0 aliphatic carbocycles. The van der Waals surface area contributed by atoms with Crippen molar-refractivity contribution in [1.82, 2.24) is 10.3 Å². The van der Waals surface area contributed by atoms with Crippen LogP contribution in [-0.2, 0) is 6.54 Å². The molecule has 2 N–H and O–H groups in total. The van der Waals surface area contributed by atoms with Crippen LogP contribution in [0.3, 0.4) is 0 Å². The van der Waals surface area contributed by atoms with E-state index in [-0.39, 0.29) is 18.4 Å². The highest BCUT2D eigenvalue weighted by atomic mass is 16.5. The molecule has 2 amide bonds. The normalized spacial score (nSPS) is 10.2. The number of rotatable bonds is 7.